The Kier molecular flexibility index (Phi) is 4.86. The first-order chi connectivity index (χ1) is 7.27. The number of ether oxygens (including phenoxy) is 1. The van der Waals surface area contributed by atoms with Gasteiger partial charge in [0.15, 0.2) is 0 Å². The molecule has 0 bridgehead atoms. The minimum absolute atomic E-state index is 0.103. The van der Waals surface area contributed by atoms with Crippen LogP contribution in [-0.2, 0) is 4.74 Å². The predicted octanol–water partition coefficient (Wildman–Crippen LogP) is 0.109. The van der Waals surface area contributed by atoms with Crippen LogP contribution in [0.2, 0.25) is 0 Å². The highest BCUT2D eigenvalue weighted by molar-refractivity contribution is 5.51. The van der Waals surface area contributed by atoms with Crippen LogP contribution in [0.3, 0.4) is 0 Å². The van der Waals surface area contributed by atoms with Crippen molar-refractivity contribution in [2.24, 2.45) is 0 Å². The van der Waals surface area contributed by atoms with E-state index in [1.165, 1.54) is 0 Å². The number of rotatable bonds is 6. The number of nitrogens with zero attached hydrogens (tertiary/aromatic N) is 2. The zero-order valence-electron chi connectivity index (χ0n) is 8.89. The van der Waals surface area contributed by atoms with Crippen molar-refractivity contribution in [2.75, 3.05) is 44.0 Å². The number of nitrogen functional groups attached to an aromatic ring is 1. The number of aliphatic hydroxyl groups excluding tert-OH is 1. The third-order valence-electron chi connectivity index (χ3n) is 2.07. The van der Waals surface area contributed by atoms with E-state index in [0.717, 1.165) is 12.2 Å². The Morgan fingerprint density at radius 3 is 2.93 bits per heavy atom. The lowest BCUT2D eigenvalue weighted by molar-refractivity contribution is 0.203. The van der Waals surface area contributed by atoms with E-state index < -0.39 is 0 Å². The molecule has 1 heterocycles. The zero-order valence-corrected chi connectivity index (χ0v) is 8.89. The summed E-state index contributed by atoms with van der Waals surface area (Å²) in [6.07, 6.45) is 1.65. The van der Waals surface area contributed by atoms with Crippen LogP contribution in [-0.4, -0.2) is 43.5 Å². The molecule has 0 aliphatic heterocycles. The van der Waals surface area contributed by atoms with Gasteiger partial charge in [0.05, 0.1) is 13.2 Å². The normalized spacial score (nSPS) is 10.3. The van der Waals surface area contributed by atoms with Gasteiger partial charge in [-0.1, -0.05) is 0 Å². The SMILES string of the molecule is COCCN(CCO)c1ccnc(N)c1. The maximum absolute atomic E-state index is 8.94. The van der Waals surface area contributed by atoms with Crippen molar-refractivity contribution in [3.8, 4) is 0 Å². The molecule has 0 radical (unpaired) electrons. The van der Waals surface area contributed by atoms with Crippen molar-refractivity contribution < 1.29 is 9.84 Å². The number of anilines is 2. The molecule has 84 valence electrons. The van der Waals surface area contributed by atoms with Crippen LogP contribution >= 0.6 is 0 Å². The van der Waals surface area contributed by atoms with E-state index in [0.29, 0.717) is 19.0 Å². The van der Waals surface area contributed by atoms with Gasteiger partial charge in [0, 0.05) is 38.1 Å². The van der Waals surface area contributed by atoms with Gasteiger partial charge in [-0.05, 0) is 6.07 Å². The second-order valence-corrected chi connectivity index (χ2v) is 3.14. The molecule has 0 amide bonds. The van der Waals surface area contributed by atoms with E-state index in [9.17, 15) is 0 Å². The summed E-state index contributed by atoms with van der Waals surface area (Å²) in [5.74, 6) is 0.479. The predicted molar refractivity (Wildman–Crippen MR) is 59.8 cm³/mol. The smallest absolute Gasteiger partial charge is 0.125 e. The Labute approximate surface area is 89.5 Å². The van der Waals surface area contributed by atoms with Gasteiger partial charge >= 0.3 is 0 Å². The highest BCUT2D eigenvalue weighted by Crippen LogP contribution is 2.14. The summed E-state index contributed by atoms with van der Waals surface area (Å²) in [5, 5.41) is 8.94. The van der Waals surface area contributed by atoms with Crippen LogP contribution in [0.15, 0.2) is 18.3 Å². The molecule has 0 aliphatic carbocycles. The van der Waals surface area contributed by atoms with Crippen LogP contribution in [0.25, 0.3) is 0 Å². The summed E-state index contributed by atoms with van der Waals surface area (Å²) in [5.41, 5.74) is 6.54. The minimum Gasteiger partial charge on any atom is -0.395 e. The molecular formula is C10H17N3O2. The Morgan fingerprint density at radius 2 is 2.33 bits per heavy atom. The second kappa shape index (κ2) is 6.21. The van der Waals surface area contributed by atoms with Gasteiger partial charge in [0.25, 0.3) is 0 Å². The Morgan fingerprint density at radius 1 is 1.53 bits per heavy atom. The first-order valence-electron chi connectivity index (χ1n) is 4.84. The molecule has 0 saturated carbocycles. The van der Waals surface area contributed by atoms with Gasteiger partial charge in [0.1, 0.15) is 5.82 Å². The molecule has 0 fully saturated rings. The summed E-state index contributed by atoms with van der Waals surface area (Å²) >= 11 is 0. The second-order valence-electron chi connectivity index (χ2n) is 3.14. The molecule has 0 aromatic carbocycles. The summed E-state index contributed by atoms with van der Waals surface area (Å²) < 4.78 is 5.00. The van der Waals surface area contributed by atoms with E-state index in [-0.39, 0.29) is 6.61 Å². The zero-order chi connectivity index (χ0) is 11.1. The van der Waals surface area contributed by atoms with Crippen LogP contribution in [0, 0.1) is 0 Å². The van der Waals surface area contributed by atoms with Gasteiger partial charge < -0.3 is 20.5 Å². The summed E-state index contributed by atoms with van der Waals surface area (Å²) in [4.78, 5) is 5.92. The minimum atomic E-state index is 0.103. The highest BCUT2D eigenvalue weighted by Gasteiger charge is 2.05. The Bertz CT molecular complexity index is 294. The number of hydrogen-bond acceptors (Lipinski definition) is 5. The van der Waals surface area contributed by atoms with E-state index >= 15 is 0 Å². The van der Waals surface area contributed by atoms with Crippen LogP contribution in [0.1, 0.15) is 0 Å². The van der Waals surface area contributed by atoms with Crippen LogP contribution in [0.4, 0.5) is 11.5 Å². The van der Waals surface area contributed by atoms with E-state index in [1.54, 1.807) is 19.4 Å². The molecular weight excluding hydrogens is 194 g/mol. The number of hydrogen-bond donors (Lipinski definition) is 2. The lowest BCUT2D eigenvalue weighted by Crippen LogP contribution is -2.30. The fraction of sp³-hybridized carbons (Fsp3) is 0.500. The molecule has 3 N–H and O–H groups in total. The van der Waals surface area contributed by atoms with Crippen molar-refractivity contribution in [3.63, 3.8) is 0 Å². The van der Waals surface area contributed by atoms with Gasteiger partial charge in [-0.15, -0.1) is 0 Å². The van der Waals surface area contributed by atoms with Gasteiger partial charge in [-0.3, -0.25) is 0 Å². The van der Waals surface area contributed by atoms with E-state index in [1.807, 2.05) is 11.0 Å². The van der Waals surface area contributed by atoms with Crippen molar-refractivity contribution in [1.29, 1.82) is 0 Å². The van der Waals surface area contributed by atoms with E-state index in [4.69, 9.17) is 15.6 Å². The Balaban J connectivity index is 2.69. The number of pyridine rings is 1. The van der Waals surface area contributed by atoms with Gasteiger partial charge in [-0.2, -0.15) is 0 Å². The molecule has 5 nitrogen and oxygen atoms in total. The lowest BCUT2D eigenvalue weighted by atomic mass is 10.3. The number of nitrogens with two attached hydrogens (primary N) is 1. The number of aromatic nitrogens is 1. The summed E-state index contributed by atoms with van der Waals surface area (Å²) in [6, 6.07) is 3.65. The average Bonchev–Trinajstić information content (AvgIpc) is 2.24. The highest BCUT2D eigenvalue weighted by atomic mass is 16.5. The third-order valence-corrected chi connectivity index (χ3v) is 2.07. The third kappa shape index (κ3) is 3.73. The fourth-order valence-corrected chi connectivity index (χ4v) is 1.33. The monoisotopic (exact) mass is 211 g/mol. The molecule has 1 aromatic rings. The standard InChI is InChI=1S/C10H17N3O2/c1-15-7-5-13(4-6-14)9-2-3-12-10(11)8-9/h2-3,8,14H,4-7H2,1H3,(H2,11,12). The van der Waals surface area contributed by atoms with Gasteiger partial charge in [-0.25, -0.2) is 4.98 Å². The maximum atomic E-state index is 8.94. The quantitative estimate of drug-likeness (QED) is 0.698. The van der Waals surface area contributed by atoms with E-state index in [2.05, 4.69) is 4.98 Å². The molecule has 0 saturated heterocycles. The first-order valence-corrected chi connectivity index (χ1v) is 4.84. The van der Waals surface area contributed by atoms with Crippen molar-refractivity contribution in [2.45, 2.75) is 0 Å². The first kappa shape index (κ1) is 11.7. The molecule has 0 aliphatic rings. The van der Waals surface area contributed by atoms with Crippen molar-refractivity contribution >= 4 is 11.5 Å². The summed E-state index contributed by atoms with van der Waals surface area (Å²) in [7, 11) is 1.65. The maximum Gasteiger partial charge on any atom is 0.125 e. The molecule has 15 heavy (non-hydrogen) atoms. The molecule has 0 atom stereocenters. The lowest BCUT2D eigenvalue weighted by Gasteiger charge is -2.23. The molecule has 0 unspecified atom stereocenters. The van der Waals surface area contributed by atoms with Crippen molar-refractivity contribution in [3.05, 3.63) is 18.3 Å². The summed E-state index contributed by atoms with van der Waals surface area (Å²) in [6.45, 7) is 2.00. The fourth-order valence-electron chi connectivity index (χ4n) is 1.33. The topological polar surface area (TPSA) is 71.6 Å². The van der Waals surface area contributed by atoms with Crippen molar-refractivity contribution in [1.82, 2.24) is 4.98 Å². The number of aliphatic hydroxyl groups is 1. The number of methoxy groups -OCH3 is 1. The molecule has 1 rings (SSSR count). The molecule has 5 heteroatoms. The Hall–Kier alpha value is -1.33. The largest absolute Gasteiger partial charge is 0.395 e. The molecule has 0 spiro atoms. The van der Waals surface area contributed by atoms with Gasteiger partial charge in [0.2, 0.25) is 0 Å². The van der Waals surface area contributed by atoms with Crippen LogP contribution in [0.5, 0.6) is 0 Å². The van der Waals surface area contributed by atoms with Crippen LogP contribution < -0.4 is 10.6 Å². The molecule has 1 aromatic heterocycles. The average molecular weight is 211 g/mol.